The van der Waals surface area contributed by atoms with E-state index in [0.717, 1.165) is 33.6 Å². The van der Waals surface area contributed by atoms with Crippen molar-refractivity contribution in [3.05, 3.63) is 69.7 Å². The minimum absolute atomic E-state index is 0.576. The maximum atomic E-state index is 15.6. The van der Waals surface area contributed by atoms with E-state index in [4.69, 9.17) is 4.74 Å². The van der Waals surface area contributed by atoms with Crippen LogP contribution in [0.15, 0.2) is 41.6 Å². The zero-order chi connectivity index (χ0) is 19.7. The van der Waals surface area contributed by atoms with Gasteiger partial charge in [0, 0.05) is 24.3 Å². The molecule has 0 bridgehead atoms. The van der Waals surface area contributed by atoms with Gasteiger partial charge in [0.05, 0.1) is 12.7 Å². The van der Waals surface area contributed by atoms with E-state index in [0.29, 0.717) is 22.8 Å². The van der Waals surface area contributed by atoms with E-state index < -0.39 is 6.97 Å². The van der Waals surface area contributed by atoms with Crippen LogP contribution in [0.25, 0.3) is 5.57 Å². The normalized spacial score (nSPS) is 17.9. The van der Waals surface area contributed by atoms with Gasteiger partial charge in [-0.2, -0.15) is 0 Å². The highest BCUT2D eigenvalue weighted by molar-refractivity contribution is 6.58. The number of halogens is 2. The Kier molecular flexibility index (Phi) is 3.74. The first-order chi connectivity index (χ1) is 12.7. The van der Waals surface area contributed by atoms with Crippen molar-refractivity contribution < 1.29 is 17.9 Å². The van der Waals surface area contributed by atoms with E-state index in [9.17, 15) is 0 Å². The number of aromatic nitrogens is 1. The Balaban J connectivity index is 2.15. The molecule has 1 aromatic heterocycles. The predicted octanol–water partition coefficient (Wildman–Crippen LogP) is 4.85. The van der Waals surface area contributed by atoms with Gasteiger partial charge < -0.3 is 22.3 Å². The molecule has 2 aromatic rings. The number of ether oxygens (including phenoxy) is 1. The van der Waals surface area contributed by atoms with Gasteiger partial charge in [-0.05, 0) is 68.3 Å². The number of fused-ring (bicyclic) bond motifs is 2. The lowest BCUT2D eigenvalue weighted by Gasteiger charge is -2.34. The second-order valence-corrected chi connectivity index (χ2v) is 7.52. The average molecular weight is 368 g/mol. The molecule has 0 saturated heterocycles. The van der Waals surface area contributed by atoms with Gasteiger partial charge in [-0.15, -0.1) is 0 Å². The monoisotopic (exact) mass is 368 g/mol. The molecular formula is C21H23BF2N2O. The van der Waals surface area contributed by atoms with Crippen LogP contribution < -0.4 is 4.74 Å². The number of methoxy groups -OCH3 is 1. The number of hydrogen-bond acceptors (Lipinski definition) is 1. The average Bonchev–Trinajstić information content (AvgIpc) is 3.06. The third-order valence-electron chi connectivity index (χ3n) is 5.64. The molecule has 0 amide bonds. The summed E-state index contributed by atoms with van der Waals surface area (Å²) in [4.78, 5) is 0. The highest BCUT2D eigenvalue weighted by Crippen LogP contribution is 2.45. The summed E-state index contributed by atoms with van der Waals surface area (Å²) in [6.45, 7) is 5.37. The zero-order valence-corrected chi connectivity index (χ0v) is 16.5. The summed E-state index contributed by atoms with van der Waals surface area (Å²) >= 11 is 0. The molecule has 4 rings (SSSR count). The van der Waals surface area contributed by atoms with E-state index in [1.165, 1.54) is 8.96 Å². The third kappa shape index (κ3) is 2.28. The fourth-order valence-corrected chi connectivity index (χ4v) is 4.60. The Bertz CT molecular complexity index is 1090. The summed E-state index contributed by atoms with van der Waals surface area (Å²) < 4.78 is 39.0. The van der Waals surface area contributed by atoms with E-state index in [1.807, 2.05) is 51.1 Å². The zero-order valence-electron chi connectivity index (χ0n) is 16.5. The van der Waals surface area contributed by atoms with Crippen LogP contribution in [-0.4, -0.2) is 28.8 Å². The number of rotatable bonds is 2. The Hall–Kier alpha value is -2.63. The van der Waals surface area contributed by atoms with Crippen LogP contribution in [0, 0.1) is 20.8 Å². The Labute approximate surface area is 158 Å². The lowest BCUT2D eigenvalue weighted by atomic mass is 9.83. The second-order valence-electron chi connectivity index (χ2n) is 7.52. The quantitative estimate of drug-likeness (QED) is 0.693. The molecule has 140 valence electrons. The van der Waals surface area contributed by atoms with Gasteiger partial charge in [-0.25, -0.2) is 0 Å². The van der Waals surface area contributed by atoms with Crippen LogP contribution in [0.4, 0.5) is 8.63 Å². The smallest absolute Gasteiger partial charge is 0.497 e. The minimum atomic E-state index is -3.94. The fourth-order valence-electron chi connectivity index (χ4n) is 4.60. The number of hydrogen-bond donors (Lipinski definition) is 0. The van der Waals surface area contributed by atoms with E-state index in [-0.39, 0.29) is 0 Å². The third-order valence-corrected chi connectivity index (χ3v) is 5.64. The fraction of sp³-hybridized carbons (Fsp3) is 0.286. The van der Waals surface area contributed by atoms with Gasteiger partial charge in [0.1, 0.15) is 11.5 Å². The van der Waals surface area contributed by atoms with Crippen molar-refractivity contribution >= 4 is 18.3 Å². The first kappa shape index (κ1) is 17.8. The van der Waals surface area contributed by atoms with Crippen molar-refractivity contribution in [1.29, 1.82) is 0 Å². The number of nitrogens with zero attached hydrogens (tertiary/aromatic N) is 2. The molecule has 0 aliphatic carbocycles. The molecule has 2 aliphatic rings. The molecule has 0 fully saturated rings. The van der Waals surface area contributed by atoms with Gasteiger partial charge in [0.2, 0.25) is 0 Å². The van der Waals surface area contributed by atoms with Crippen LogP contribution in [0.1, 0.15) is 41.9 Å². The van der Waals surface area contributed by atoms with Crippen LogP contribution in [-0.2, 0) is 0 Å². The Morgan fingerprint density at radius 1 is 1.00 bits per heavy atom. The topological polar surface area (TPSA) is 17.2 Å². The van der Waals surface area contributed by atoms with Crippen molar-refractivity contribution in [2.45, 2.75) is 34.6 Å². The van der Waals surface area contributed by atoms with Gasteiger partial charge in [-0.3, -0.25) is 0 Å². The molecule has 0 radical (unpaired) electrons. The predicted molar refractivity (Wildman–Crippen MR) is 106 cm³/mol. The number of benzene rings is 1. The first-order valence-corrected chi connectivity index (χ1v) is 9.10. The lowest BCUT2D eigenvalue weighted by Crippen LogP contribution is -2.51. The Morgan fingerprint density at radius 2 is 1.70 bits per heavy atom. The Morgan fingerprint density at radius 3 is 2.33 bits per heavy atom. The molecular weight excluding hydrogens is 345 g/mol. The summed E-state index contributed by atoms with van der Waals surface area (Å²) in [6, 6.07) is 7.66. The lowest BCUT2D eigenvalue weighted by molar-refractivity contribution is -0.363. The molecule has 6 heteroatoms. The maximum absolute atomic E-state index is 15.6. The van der Waals surface area contributed by atoms with Gasteiger partial charge >= 0.3 is 6.97 Å². The van der Waals surface area contributed by atoms with Crippen LogP contribution in [0.2, 0.25) is 0 Å². The van der Waals surface area contributed by atoms with E-state index >= 15 is 8.63 Å². The molecule has 1 aromatic carbocycles. The van der Waals surface area contributed by atoms with Crippen molar-refractivity contribution in [2.75, 3.05) is 7.11 Å². The van der Waals surface area contributed by atoms with Crippen molar-refractivity contribution in [3.63, 3.8) is 0 Å². The molecule has 0 unspecified atom stereocenters. The molecule has 0 N–H and O–H groups in total. The van der Waals surface area contributed by atoms with Gasteiger partial charge in [0.25, 0.3) is 0 Å². The largest absolute Gasteiger partial charge is 0.737 e. The van der Waals surface area contributed by atoms with E-state index in [1.54, 1.807) is 21.0 Å². The highest BCUT2D eigenvalue weighted by Gasteiger charge is 2.55. The van der Waals surface area contributed by atoms with Crippen molar-refractivity contribution in [1.82, 2.24) is 4.48 Å². The van der Waals surface area contributed by atoms with E-state index in [2.05, 4.69) is 0 Å². The van der Waals surface area contributed by atoms with Crippen LogP contribution >= 0.6 is 0 Å². The molecule has 3 nitrogen and oxygen atoms in total. The second kappa shape index (κ2) is 5.68. The van der Waals surface area contributed by atoms with Crippen LogP contribution in [0.3, 0.4) is 0 Å². The SMILES string of the molecule is COc1ccc(C2=C3C(C)=CC(C)=[N+]3[B-](F)(F)n3c(C)cc(C)c32)c(C)c1. The van der Waals surface area contributed by atoms with Crippen molar-refractivity contribution in [2.24, 2.45) is 0 Å². The molecule has 2 aliphatic heterocycles. The van der Waals surface area contributed by atoms with Gasteiger partial charge in [0.15, 0.2) is 5.70 Å². The number of aryl methyl sites for hydroxylation is 3. The molecule has 0 saturated carbocycles. The summed E-state index contributed by atoms with van der Waals surface area (Å²) in [5.74, 6) is 0.758. The summed E-state index contributed by atoms with van der Waals surface area (Å²) in [5, 5.41) is 0. The molecule has 0 spiro atoms. The summed E-state index contributed by atoms with van der Waals surface area (Å²) in [5.41, 5.74) is 6.91. The molecule has 27 heavy (non-hydrogen) atoms. The number of allylic oxidation sites excluding steroid dienone is 2. The summed E-state index contributed by atoms with van der Waals surface area (Å²) in [6.07, 6.45) is 1.85. The van der Waals surface area contributed by atoms with Crippen LogP contribution in [0.5, 0.6) is 5.75 Å². The molecule has 0 atom stereocenters. The molecule has 3 heterocycles. The standard InChI is InChI=1S/C21H23BF2N2O/c1-12-11-17(27-6)7-8-18(12)19-20-13(2)9-15(4)25(20)22(23,24)26-16(5)10-14(3)21(19)26/h7-11H,1-6H3. The first-order valence-electron chi connectivity index (χ1n) is 9.10. The maximum Gasteiger partial charge on any atom is 0.737 e. The summed E-state index contributed by atoms with van der Waals surface area (Å²) in [7, 11) is 1.63. The highest BCUT2D eigenvalue weighted by atomic mass is 19.2. The van der Waals surface area contributed by atoms with Crippen molar-refractivity contribution in [3.8, 4) is 5.75 Å². The van der Waals surface area contributed by atoms with Gasteiger partial charge in [-0.1, -0.05) is 6.07 Å². The minimum Gasteiger partial charge on any atom is -0.497 e.